The van der Waals surface area contributed by atoms with E-state index in [0.717, 1.165) is 34.8 Å². The van der Waals surface area contributed by atoms with E-state index in [9.17, 15) is 4.79 Å². The maximum atomic E-state index is 12.8. The highest BCUT2D eigenvalue weighted by atomic mass is 35.5. The van der Waals surface area contributed by atoms with Crippen molar-refractivity contribution in [1.82, 2.24) is 4.90 Å². The number of amidine groups is 1. The first-order chi connectivity index (χ1) is 21.0. The van der Waals surface area contributed by atoms with Crippen LogP contribution < -0.4 is 9.64 Å². The molecule has 6 heteroatoms. The van der Waals surface area contributed by atoms with Crippen LogP contribution in [0.2, 0.25) is 5.02 Å². The van der Waals surface area contributed by atoms with Gasteiger partial charge in [0.2, 0.25) is 17.4 Å². The molecule has 2 aromatic rings. The van der Waals surface area contributed by atoms with Gasteiger partial charge in [-0.1, -0.05) is 112 Å². The van der Waals surface area contributed by atoms with Crippen molar-refractivity contribution in [2.45, 2.75) is 104 Å². The van der Waals surface area contributed by atoms with Crippen LogP contribution in [0, 0.1) is 6.20 Å². The molecule has 0 unspecified atom stereocenters. The third-order valence-electron chi connectivity index (χ3n) is 7.99. The lowest BCUT2D eigenvalue weighted by Gasteiger charge is -2.22. The lowest BCUT2D eigenvalue weighted by molar-refractivity contribution is -0.116. The van der Waals surface area contributed by atoms with Gasteiger partial charge in [0, 0.05) is 18.8 Å². The summed E-state index contributed by atoms with van der Waals surface area (Å²) >= 11 is 6.48. The van der Waals surface area contributed by atoms with E-state index in [2.05, 4.69) is 30.2 Å². The summed E-state index contributed by atoms with van der Waals surface area (Å²) < 4.78 is 6.08. The zero-order valence-electron chi connectivity index (χ0n) is 26.0. The van der Waals surface area contributed by atoms with Crippen LogP contribution in [0.3, 0.4) is 0 Å². The number of rotatable bonds is 19. The van der Waals surface area contributed by atoms with Crippen molar-refractivity contribution in [2.75, 3.05) is 11.5 Å². The topological polar surface area (TPSA) is 45.1 Å². The van der Waals surface area contributed by atoms with Crippen LogP contribution >= 0.6 is 11.6 Å². The first-order valence-corrected chi connectivity index (χ1v) is 16.5. The summed E-state index contributed by atoms with van der Waals surface area (Å²) in [5, 5.41) is 0.600. The predicted octanol–water partition coefficient (Wildman–Crippen LogP) is 9.96. The van der Waals surface area contributed by atoms with Gasteiger partial charge in [-0.25, -0.2) is 4.90 Å². The van der Waals surface area contributed by atoms with Gasteiger partial charge in [-0.3, -0.25) is 4.79 Å². The van der Waals surface area contributed by atoms with Crippen molar-refractivity contribution in [3.63, 3.8) is 0 Å². The number of unbranched alkanes of at least 4 members (excludes halogenated alkanes) is 11. The number of halogens is 1. The van der Waals surface area contributed by atoms with Gasteiger partial charge < -0.3 is 9.64 Å². The van der Waals surface area contributed by atoms with Crippen molar-refractivity contribution in [3.05, 3.63) is 94.9 Å². The van der Waals surface area contributed by atoms with Gasteiger partial charge in [0.25, 0.3) is 0 Å². The normalized spacial score (nSPS) is 13.4. The van der Waals surface area contributed by atoms with E-state index in [-0.39, 0.29) is 5.91 Å². The molecule has 0 spiro atoms. The van der Waals surface area contributed by atoms with E-state index in [1.807, 2.05) is 59.7 Å². The Kier molecular flexibility index (Phi) is 13.3. The number of nitrogens with zero attached hydrogens (tertiary/aromatic N) is 3. The Hall–Kier alpha value is -3.40. The Labute approximate surface area is 264 Å². The number of ether oxygens (including phenoxy) is 1. The number of benzene rings is 2. The molecular weight excluding hydrogens is 554 g/mol. The largest absolute Gasteiger partial charge is 0.492 e. The molecule has 2 aliphatic rings. The lowest BCUT2D eigenvalue weighted by Crippen LogP contribution is -2.28. The molecule has 0 fully saturated rings. The number of hydrogen-bond donors (Lipinski definition) is 0. The first-order valence-electron chi connectivity index (χ1n) is 16.2. The second-order valence-electron chi connectivity index (χ2n) is 11.5. The smallest absolute Gasteiger partial charge is 0.247 e. The number of amides is 1. The SMILES string of the molecule is CCCCCCCCCCCCCCOc1cc(CN(C(C)=O)c2cccc(CC3=N[C+]=C4C=CC=CN43)c2)ccc1Cl. The molecule has 2 aliphatic heterocycles. The fourth-order valence-electron chi connectivity index (χ4n) is 5.53. The molecule has 43 heavy (non-hydrogen) atoms. The minimum absolute atomic E-state index is 0.0225. The monoisotopic (exact) mass is 600 g/mol. The van der Waals surface area contributed by atoms with E-state index >= 15 is 0 Å². The van der Waals surface area contributed by atoms with Crippen LogP contribution in [0.1, 0.15) is 102 Å². The predicted molar refractivity (Wildman–Crippen MR) is 179 cm³/mol. The van der Waals surface area contributed by atoms with E-state index in [1.165, 1.54) is 70.6 Å². The molecule has 0 aliphatic carbocycles. The van der Waals surface area contributed by atoms with Gasteiger partial charge in [0.15, 0.2) is 6.20 Å². The second kappa shape index (κ2) is 17.7. The highest BCUT2D eigenvalue weighted by molar-refractivity contribution is 6.32. The summed E-state index contributed by atoms with van der Waals surface area (Å²) in [5.74, 6) is 1.57. The van der Waals surface area contributed by atoms with Crippen LogP contribution in [0.15, 0.2) is 77.6 Å². The zero-order chi connectivity index (χ0) is 30.3. The summed E-state index contributed by atoms with van der Waals surface area (Å²) in [5.41, 5.74) is 3.85. The third kappa shape index (κ3) is 10.4. The quantitative estimate of drug-likeness (QED) is 0.119. The number of allylic oxidation sites excluding steroid dienone is 3. The number of hydrogen-bond acceptors (Lipinski definition) is 4. The van der Waals surface area contributed by atoms with Gasteiger partial charge >= 0.3 is 0 Å². The fraction of sp³-hybridized carbons (Fsp3) is 0.459. The highest BCUT2D eigenvalue weighted by Gasteiger charge is 2.28. The van der Waals surface area contributed by atoms with Gasteiger partial charge in [-0.2, -0.15) is 0 Å². The van der Waals surface area contributed by atoms with Crippen molar-refractivity contribution >= 4 is 29.0 Å². The Bertz CT molecular complexity index is 1310. The first kappa shape index (κ1) is 32.5. The van der Waals surface area contributed by atoms with Crippen LogP contribution in [0.5, 0.6) is 5.75 Å². The molecule has 4 rings (SSSR count). The van der Waals surface area contributed by atoms with Crippen LogP contribution in [-0.4, -0.2) is 23.2 Å². The molecule has 0 N–H and O–H groups in total. The molecule has 5 nitrogen and oxygen atoms in total. The Balaban J connectivity index is 1.22. The second-order valence-corrected chi connectivity index (χ2v) is 12.0. The van der Waals surface area contributed by atoms with E-state index < -0.39 is 0 Å². The number of aliphatic imine (C=N–C) groups is 1. The minimum Gasteiger partial charge on any atom is -0.492 e. The lowest BCUT2D eigenvalue weighted by atomic mass is 10.1. The molecule has 1 amide bonds. The van der Waals surface area contributed by atoms with Crippen LogP contribution in [-0.2, 0) is 17.8 Å². The summed E-state index contributed by atoms with van der Waals surface area (Å²) in [7, 11) is 0. The molecule has 0 saturated heterocycles. The summed E-state index contributed by atoms with van der Waals surface area (Å²) in [6.45, 7) is 4.96. The molecule has 0 radical (unpaired) electrons. The standard InChI is InChI=1S/C37H47ClN3O2/c1-3-4-5-6-7-8-9-10-11-12-13-16-24-43-36-26-32(21-22-35(36)38)29-41(30(2)42)33-20-17-18-31(25-33)27-37-39-28-34-19-14-15-23-40(34)37/h14-15,17-23,25-26H,3-13,16,24,27,29H2,1-2H3/q+1. The third-order valence-corrected chi connectivity index (χ3v) is 8.31. The maximum absolute atomic E-state index is 12.8. The maximum Gasteiger partial charge on any atom is 0.247 e. The molecule has 228 valence electrons. The molecular formula is C37H47ClN3O2+. The number of carbonyl (C=O) groups excluding carboxylic acids is 1. The van der Waals surface area contributed by atoms with E-state index in [4.69, 9.17) is 16.3 Å². The molecule has 0 bridgehead atoms. The summed E-state index contributed by atoms with van der Waals surface area (Å²) in [6, 6.07) is 13.9. The average molecular weight is 601 g/mol. The minimum atomic E-state index is -0.0225. The average Bonchev–Trinajstić information content (AvgIpc) is 3.42. The van der Waals surface area contributed by atoms with Crippen molar-refractivity contribution in [2.24, 2.45) is 4.99 Å². The van der Waals surface area contributed by atoms with Crippen LogP contribution in [0.4, 0.5) is 5.69 Å². The van der Waals surface area contributed by atoms with Gasteiger partial charge in [-0.15, -0.1) is 0 Å². The summed E-state index contributed by atoms with van der Waals surface area (Å²) in [4.78, 5) is 21.1. The Morgan fingerprint density at radius 3 is 2.35 bits per heavy atom. The molecule has 2 aromatic carbocycles. The molecule has 0 saturated carbocycles. The van der Waals surface area contributed by atoms with Crippen molar-refractivity contribution in [1.29, 1.82) is 0 Å². The molecule has 0 atom stereocenters. The van der Waals surface area contributed by atoms with Gasteiger partial charge in [0.05, 0.1) is 30.7 Å². The van der Waals surface area contributed by atoms with Gasteiger partial charge in [-0.05, 0) is 54.0 Å². The fourth-order valence-corrected chi connectivity index (χ4v) is 5.70. The number of anilines is 1. The Morgan fingerprint density at radius 1 is 0.907 bits per heavy atom. The molecule has 0 aromatic heterocycles. The van der Waals surface area contributed by atoms with Gasteiger partial charge in [0.1, 0.15) is 5.75 Å². The van der Waals surface area contributed by atoms with Crippen molar-refractivity contribution in [3.8, 4) is 5.75 Å². The van der Waals surface area contributed by atoms with Crippen molar-refractivity contribution < 1.29 is 9.53 Å². The van der Waals surface area contributed by atoms with E-state index in [0.29, 0.717) is 30.3 Å². The molecule has 2 heterocycles. The number of fused-ring (bicyclic) bond motifs is 1. The summed E-state index contributed by atoms with van der Waals surface area (Å²) in [6.07, 6.45) is 27.4. The highest BCUT2D eigenvalue weighted by Crippen LogP contribution is 2.29. The zero-order valence-corrected chi connectivity index (χ0v) is 26.7. The number of carbonyl (C=O) groups is 1. The Morgan fingerprint density at radius 2 is 1.63 bits per heavy atom. The van der Waals surface area contributed by atoms with E-state index in [1.54, 1.807) is 11.8 Å². The van der Waals surface area contributed by atoms with Crippen LogP contribution in [0.25, 0.3) is 0 Å².